The second kappa shape index (κ2) is 6.67. The Bertz CT molecular complexity index is 621. The Morgan fingerprint density at radius 2 is 1.50 bits per heavy atom. The molecule has 126 valence electrons. The van der Waals surface area contributed by atoms with E-state index in [0.717, 1.165) is 19.3 Å². The van der Waals surface area contributed by atoms with Crippen LogP contribution in [0.1, 0.15) is 36.5 Å². The van der Waals surface area contributed by atoms with E-state index in [1.54, 1.807) is 0 Å². The largest absolute Gasteiger partial charge is 0.391 e. The molecule has 1 N–H and O–H groups in total. The molecule has 2 bridgehead atoms. The summed E-state index contributed by atoms with van der Waals surface area (Å²) in [6.07, 6.45) is 2.73. The number of benzene rings is 2. The summed E-state index contributed by atoms with van der Waals surface area (Å²) in [7, 11) is 2.13. The summed E-state index contributed by atoms with van der Waals surface area (Å²) in [6.45, 7) is 0. The normalized spacial score (nSPS) is 30.0. The SMILES string of the molecule is CN1C2C[C@H](OC(c3ccccc3)c3ccccc3)CC1[C@@H](O)C2. The van der Waals surface area contributed by atoms with Crippen molar-refractivity contribution < 1.29 is 9.84 Å². The first kappa shape index (κ1) is 15.8. The summed E-state index contributed by atoms with van der Waals surface area (Å²) >= 11 is 0. The molecule has 0 aliphatic carbocycles. The van der Waals surface area contributed by atoms with Gasteiger partial charge < -0.3 is 9.84 Å². The van der Waals surface area contributed by atoms with Gasteiger partial charge >= 0.3 is 0 Å². The maximum absolute atomic E-state index is 10.3. The van der Waals surface area contributed by atoms with E-state index < -0.39 is 0 Å². The third-order valence-electron chi connectivity index (χ3n) is 5.63. The first-order valence-corrected chi connectivity index (χ1v) is 8.87. The van der Waals surface area contributed by atoms with Crippen molar-refractivity contribution in [3.05, 3.63) is 71.8 Å². The lowest BCUT2D eigenvalue weighted by Crippen LogP contribution is -2.45. The van der Waals surface area contributed by atoms with Crippen molar-refractivity contribution in [2.75, 3.05) is 7.05 Å². The van der Waals surface area contributed by atoms with Crippen LogP contribution in [0.3, 0.4) is 0 Å². The third-order valence-corrected chi connectivity index (χ3v) is 5.63. The molecule has 4 rings (SSSR count). The van der Waals surface area contributed by atoms with Crippen molar-refractivity contribution in [3.63, 3.8) is 0 Å². The van der Waals surface area contributed by atoms with Gasteiger partial charge in [-0.3, -0.25) is 4.90 Å². The van der Waals surface area contributed by atoms with E-state index >= 15 is 0 Å². The molecular weight excluding hydrogens is 298 g/mol. The highest BCUT2D eigenvalue weighted by atomic mass is 16.5. The Balaban J connectivity index is 1.57. The summed E-state index contributed by atoms with van der Waals surface area (Å²) in [4.78, 5) is 2.34. The van der Waals surface area contributed by atoms with Crippen LogP contribution in [0.2, 0.25) is 0 Å². The first-order chi connectivity index (χ1) is 11.7. The molecule has 3 heteroatoms. The predicted molar refractivity (Wildman–Crippen MR) is 94.8 cm³/mol. The maximum Gasteiger partial charge on any atom is 0.108 e. The summed E-state index contributed by atoms with van der Waals surface area (Å²) in [6, 6.07) is 21.6. The maximum atomic E-state index is 10.3. The van der Waals surface area contributed by atoms with Gasteiger partial charge in [-0.2, -0.15) is 0 Å². The van der Waals surface area contributed by atoms with Crippen LogP contribution in [-0.2, 0) is 4.74 Å². The highest BCUT2D eigenvalue weighted by Gasteiger charge is 2.45. The third kappa shape index (κ3) is 3.00. The number of hydrogen-bond acceptors (Lipinski definition) is 3. The van der Waals surface area contributed by atoms with Gasteiger partial charge in [0.05, 0.1) is 12.2 Å². The summed E-state index contributed by atoms with van der Waals surface area (Å²) in [5.74, 6) is 0. The number of fused-ring (bicyclic) bond motifs is 2. The molecule has 2 aliphatic rings. The fraction of sp³-hybridized carbons (Fsp3) is 0.429. The molecule has 4 atom stereocenters. The van der Waals surface area contributed by atoms with Crippen LogP contribution in [0, 0.1) is 0 Å². The van der Waals surface area contributed by atoms with Crippen LogP contribution in [0.4, 0.5) is 0 Å². The fourth-order valence-electron chi connectivity index (χ4n) is 4.31. The molecular formula is C21H25NO2. The molecule has 3 nitrogen and oxygen atoms in total. The average molecular weight is 323 g/mol. The Hall–Kier alpha value is -1.68. The molecule has 0 amide bonds. The van der Waals surface area contributed by atoms with Gasteiger partial charge in [0.15, 0.2) is 0 Å². The average Bonchev–Trinajstić information content (AvgIpc) is 2.79. The molecule has 0 radical (unpaired) electrons. The zero-order valence-corrected chi connectivity index (χ0v) is 14.1. The van der Waals surface area contributed by atoms with Crippen LogP contribution in [0.5, 0.6) is 0 Å². The van der Waals surface area contributed by atoms with Crippen LogP contribution in [0.15, 0.2) is 60.7 Å². The molecule has 2 aliphatic heterocycles. The van der Waals surface area contributed by atoms with E-state index in [4.69, 9.17) is 4.74 Å². The van der Waals surface area contributed by atoms with E-state index in [1.807, 2.05) is 12.1 Å². The molecule has 2 fully saturated rings. The van der Waals surface area contributed by atoms with Crippen molar-refractivity contribution >= 4 is 0 Å². The molecule has 2 saturated heterocycles. The van der Waals surface area contributed by atoms with Crippen molar-refractivity contribution in [2.45, 2.75) is 49.7 Å². The molecule has 2 unspecified atom stereocenters. The lowest BCUT2D eigenvalue weighted by molar-refractivity contribution is -0.0495. The van der Waals surface area contributed by atoms with Gasteiger partial charge in [0.2, 0.25) is 0 Å². The van der Waals surface area contributed by atoms with Gasteiger partial charge in [0, 0.05) is 12.1 Å². The zero-order chi connectivity index (χ0) is 16.5. The smallest absolute Gasteiger partial charge is 0.108 e. The van der Waals surface area contributed by atoms with Crippen molar-refractivity contribution in [2.24, 2.45) is 0 Å². The number of nitrogens with zero attached hydrogens (tertiary/aromatic N) is 1. The monoisotopic (exact) mass is 323 g/mol. The molecule has 2 aromatic rings. The number of hydrogen-bond donors (Lipinski definition) is 1. The number of piperidine rings is 1. The summed E-state index contributed by atoms with van der Waals surface area (Å²) < 4.78 is 6.60. The first-order valence-electron chi connectivity index (χ1n) is 8.87. The summed E-state index contributed by atoms with van der Waals surface area (Å²) in [5.41, 5.74) is 2.38. The van der Waals surface area contributed by atoms with E-state index in [-0.39, 0.29) is 24.4 Å². The molecule has 2 aromatic carbocycles. The number of aliphatic hydroxyl groups excluding tert-OH is 1. The Kier molecular flexibility index (Phi) is 4.40. The topological polar surface area (TPSA) is 32.7 Å². The van der Waals surface area contributed by atoms with E-state index in [1.165, 1.54) is 11.1 Å². The van der Waals surface area contributed by atoms with Crippen LogP contribution in [0.25, 0.3) is 0 Å². The Morgan fingerprint density at radius 3 is 2.04 bits per heavy atom. The van der Waals surface area contributed by atoms with Gasteiger partial charge in [0.1, 0.15) is 6.10 Å². The van der Waals surface area contributed by atoms with Crippen LogP contribution in [-0.4, -0.2) is 41.3 Å². The van der Waals surface area contributed by atoms with Gasteiger partial charge in [-0.1, -0.05) is 60.7 Å². The van der Waals surface area contributed by atoms with Gasteiger partial charge in [-0.15, -0.1) is 0 Å². The number of aliphatic hydroxyl groups is 1. The standard InChI is InChI=1S/C21H25NO2/c1-22-17-12-18(14-19(22)20(23)13-17)24-21(15-8-4-2-5-9-15)16-10-6-3-7-11-16/h2-11,17-21,23H,12-14H2,1H3/t17?,18-,19?,20-/m0/s1. The van der Waals surface area contributed by atoms with Crippen molar-refractivity contribution in [1.82, 2.24) is 4.90 Å². The molecule has 24 heavy (non-hydrogen) atoms. The minimum Gasteiger partial charge on any atom is -0.391 e. The van der Waals surface area contributed by atoms with Crippen molar-refractivity contribution in [3.8, 4) is 0 Å². The van der Waals surface area contributed by atoms with Gasteiger partial charge in [-0.05, 0) is 37.4 Å². The molecule has 0 spiro atoms. The zero-order valence-electron chi connectivity index (χ0n) is 14.1. The quantitative estimate of drug-likeness (QED) is 0.936. The Morgan fingerprint density at radius 1 is 0.917 bits per heavy atom. The lowest BCUT2D eigenvalue weighted by atomic mass is 9.97. The lowest BCUT2D eigenvalue weighted by Gasteiger charge is -2.38. The van der Waals surface area contributed by atoms with E-state index in [9.17, 15) is 5.11 Å². The van der Waals surface area contributed by atoms with Gasteiger partial charge in [-0.25, -0.2) is 0 Å². The highest BCUT2D eigenvalue weighted by molar-refractivity contribution is 5.30. The second-order valence-corrected chi connectivity index (χ2v) is 7.12. The number of ether oxygens (including phenoxy) is 1. The van der Waals surface area contributed by atoms with Crippen molar-refractivity contribution in [1.29, 1.82) is 0 Å². The molecule has 0 saturated carbocycles. The Labute approximate surface area is 143 Å². The highest BCUT2D eigenvalue weighted by Crippen LogP contribution is 2.38. The van der Waals surface area contributed by atoms with Gasteiger partial charge in [0.25, 0.3) is 0 Å². The second-order valence-electron chi connectivity index (χ2n) is 7.12. The van der Waals surface area contributed by atoms with E-state index in [2.05, 4.69) is 60.5 Å². The number of likely N-dealkylation sites (N-methyl/N-ethyl adjacent to an activating group) is 1. The molecule has 2 heterocycles. The minimum absolute atomic E-state index is 0.0441. The summed E-state index contributed by atoms with van der Waals surface area (Å²) in [5, 5.41) is 10.3. The fourth-order valence-corrected chi connectivity index (χ4v) is 4.31. The minimum atomic E-state index is -0.208. The van der Waals surface area contributed by atoms with Crippen LogP contribution < -0.4 is 0 Å². The number of rotatable bonds is 4. The van der Waals surface area contributed by atoms with E-state index in [0.29, 0.717) is 6.04 Å². The predicted octanol–water partition coefficient (Wildman–Crippen LogP) is 3.39. The van der Waals surface area contributed by atoms with Crippen LogP contribution >= 0.6 is 0 Å². The molecule has 0 aromatic heterocycles.